The van der Waals surface area contributed by atoms with Crippen molar-refractivity contribution >= 4 is 31.6 Å². The number of rotatable bonds is 5. The molecule has 0 fully saturated rings. The Morgan fingerprint density at radius 2 is 2.24 bits per heavy atom. The van der Waals surface area contributed by atoms with Crippen LogP contribution in [0.4, 0.5) is 5.69 Å². The first-order valence-corrected chi connectivity index (χ1v) is 7.28. The van der Waals surface area contributed by atoms with E-state index < -0.39 is 10.0 Å². The monoisotopic (exact) mass is 324 g/mol. The minimum atomic E-state index is -3.44. The highest BCUT2D eigenvalue weighted by molar-refractivity contribution is 9.10. The third-order valence-corrected chi connectivity index (χ3v) is 3.62. The summed E-state index contributed by atoms with van der Waals surface area (Å²) in [6, 6.07) is 0. The van der Waals surface area contributed by atoms with Crippen molar-refractivity contribution in [2.45, 2.75) is 6.42 Å². The van der Waals surface area contributed by atoms with Crippen LogP contribution >= 0.6 is 15.9 Å². The fourth-order valence-electron chi connectivity index (χ4n) is 1.13. The number of aryl methyl sites for hydroxylation is 1. The Kier molecular flexibility index (Phi) is 4.66. The smallest absolute Gasteiger partial charge is 0.282 e. The maximum absolute atomic E-state index is 11.5. The molecule has 0 aliphatic carbocycles. The van der Waals surface area contributed by atoms with Gasteiger partial charge in [0.25, 0.3) is 5.56 Å². The number of primary sulfonamides is 1. The average Bonchev–Trinajstić information content (AvgIpc) is 2.22. The fraction of sp³-hybridized carbons (Fsp3) is 0.500. The van der Waals surface area contributed by atoms with Crippen LogP contribution in [-0.4, -0.2) is 30.5 Å². The molecule has 0 saturated carbocycles. The summed E-state index contributed by atoms with van der Waals surface area (Å²) < 4.78 is 22.9. The van der Waals surface area contributed by atoms with E-state index in [2.05, 4.69) is 26.3 Å². The van der Waals surface area contributed by atoms with Crippen molar-refractivity contribution in [3.63, 3.8) is 0 Å². The third kappa shape index (κ3) is 4.44. The Labute approximate surface area is 107 Å². The van der Waals surface area contributed by atoms with E-state index >= 15 is 0 Å². The van der Waals surface area contributed by atoms with Crippen LogP contribution in [0.1, 0.15) is 6.42 Å². The molecule has 7 nitrogen and oxygen atoms in total. The van der Waals surface area contributed by atoms with Gasteiger partial charge in [-0.15, -0.1) is 0 Å². The first-order valence-electron chi connectivity index (χ1n) is 4.77. The van der Waals surface area contributed by atoms with E-state index in [9.17, 15) is 13.2 Å². The molecule has 9 heteroatoms. The van der Waals surface area contributed by atoms with Crippen LogP contribution < -0.4 is 16.0 Å². The van der Waals surface area contributed by atoms with Crippen LogP contribution in [0, 0.1) is 0 Å². The molecule has 0 spiro atoms. The maximum atomic E-state index is 11.5. The molecule has 0 unspecified atom stereocenters. The number of nitrogens with zero attached hydrogens (tertiary/aromatic N) is 2. The summed E-state index contributed by atoms with van der Waals surface area (Å²) >= 11 is 3.14. The van der Waals surface area contributed by atoms with Crippen LogP contribution in [0.15, 0.2) is 15.5 Å². The van der Waals surface area contributed by atoms with E-state index in [-0.39, 0.29) is 11.3 Å². The molecular weight excluding hydrogens is 312 g/mol. The largest absolute Gasteiger partial charge is 0.383 e. The molecule has 1 aromatic heterocycles. The van der Waals surface area contributed by atoms with E-state index in [0.717, 1.165) is 0 Å². The van der Waals surface area contributed by atoms with Crippen molar-refractivity contribution in [1.29, 1.82) is 0 Å². The number of hydrogen-bond donors (Lipinski definition) is 2. The lowest BCUT2D eigenvalue weighted by molar-refractivity contribution is 0.596. The topological polar surface area (TPSA) is 107 Å². The molecule has 0 aliphatic heterocycles. The SMILES string of the molecule is Cn1ncc(NCCCS(N)(=O)=O)c(Br)c1=O. The van der Waals surface area contributed by atoms with Crippen molar-refractivity contribution in [3.8, 4) is 0 Å². The molecular formula is C8H13BrN4O3S. The molecule has 1 aromatic rings. The summed E-state index contributed by atoms with van der Waals surface area (Å²) in [6.07, 6.45) is 1.85. The Bertz CT molecular complexity index is 554. The molecule has 0 aliphatic rings. The molecule has 0 atom stereocenters. The molecule has 0 saturated heterocycles. The molecule has 3 N–H and O–H groups in total. The summed E-state index contributed by atoms with van der Waals surface area (Å²) in [4.78, 5) is 11.5. The Morgan fingerprint density at radius 3 is 2.82 bits per heavy atom. The Balaban J connectivity index is 2.59. The van der Waals surface area contributed by atoms with Crippen LogP contribution in [0.3, 0.4) is 0 Å². The molecule has 0 aromatic carbocycles. The molecule has 96 valence electrons. The minimum absolute atomic E-state index is 0.101. The maximum Gasteiger partial charge on any atom is 0.282 e. The van der Waals surface area contributed by atoms with Gasteiger partial charge in [0.05, 0.1) is 17.6 Å². The molecule has 0 amide bonds. The summed E-state index contributed by atoms with van der Waals surface area (Å²) in [7, 11) is -1.90. The van der Waals surface area contributed by atoms with E-state index in [1.165, 1.54) is 17.9 Å². The van der Waals surface area contributed by atoms with Crippen LogP contribution in [0.2, 0.25) is 0 Å². The van der Waals surface area contributed by atoms with Gasteiger partial charge in [0.15, 0.2) is 0 Å². The number of halogens is 1. The average molecular weight is 325 g/mol. The van der Waals surface area contributed by atoms with Crippen LogP contribution in [0.25, 0.3) is 0 Å². The van der Waals surface area contributed by atoms with Crippen molar-refractivity contribution in [2.75, 3.05) is 17.6 Å². The van der Waals surface area contributed by atoms with Gasteiger partial charge in [-0.05, 0) is 22.4 Å². The zero-order valence-electron chi connectivity index (χ0n) is 9.18. The highest BCUT2D eigenvalue weighted by Gasteiger charge is 2.07. The normalized spacial score (nSPS) is 11.5. The highest BCUT2D eigenvalue weighted by atomic mass is 79.9. The second kappa shape index (κ2) is 5.61. The number of aromatic nitrogens is 2. The van der Waals surface area contributed by atoms with Gasteiger partial charge < -0.3 is 5.32 Å². The van der Waals surface area contributed by atoms with Gasteiger partial charge in [-0.1, -0.05) is 0 Å². The van der Waals surface area contributed by atoms with Crippen molar-refractivity contribution < 1.29 is 8.42 Å². The number of anilines is 1. The van der Waals surface area contributed by atoms with Crippen LogP contribution in [0.5, 0.6) is 0 Å². The molecule has 17 heavy (non-hydrogen) atoms. The zero-order valence-corrected chi connectivity index (χ0v) is 11.6. The second-order valence-electron chi connectivity index (χ2n) is 3.45. The zero-order chi connectivity index (χ0) is 13.1. The predicted octanol–water partition coefficient (Wildman–Crippen LogP) is -0.367. The van der Waals surface area contributed by atoms with E-state index in [1.54, 1.807) is 0 Å². The lowest BCUT2D eigenvalue weighted by atomic mass is 10.4. The summed E-state index contributed by atoms with van der Waals surface area (Å²) in [6.45, 7) is 0.393. The predicted molar refractivity (Wildman–Crippen MR) is 68.3 cm³/mol. The van der Waals surface area contributed by atoms with Crippen molar-refractivity contribution in [2.24, 2.45) is 12.2 Å². The molecule has 1 rings (SSSR count). The number of hydrogen-bond acceptors (Lipinski definition) is 5. The van der Waals surface area contributed by atoms with Crippen molar-refractivity contribution in [3.05, 3.63) is 21.0 Å². The van der Waals surface area contributed by atoms with E-state index in [0.29, 0.717) is 23.1 Å². The van der Waals surface area contributed by atoms with Gasteiger partial charge in [0.1, 0.15) is 4.47 Å². The van der Waals surface area contributed by atoms with Crippen LogP contribution in [-0.2, 0) is 17.1 Å². The second-order valence-corrected chi connectivity index (χ2v) is 5.98. The van der Waals surface area contributed by atoms with Gasteiger partial charge in [-0.2, -0.15) is 5.10 Å². The van der Waals surface area contributed by atoms with Gasteiger partial charge in [0, 0.05) is 13.6 Å². The molecule has 0 bridgehead atoms. The quantitative estimate of drug-likeness (QED) is 0.719. The van der Waals surface area contributed by atoms with Gasteiger partial charge >= 0.3 is 0 Å². The van der Waals surface area contributed by atoms with Crippen molar-refractivity contribution in [1.82, 2.24) is 9.78 Å². The molecule has 0 radical (unpaired) electrons. The standard InChI is InChI=1S/C8H13BrN4O3S/c1-13-8(14)7(9)6(5-12-13)11-3-2-4-17(10,15)16/h5,11H,2-4H2,1H3,(H2,10,15,16). The van der Waals surface area contributed by atoms with E-state index in [4.69, 9.17) is 5.14 Å². The Morgan fingerprint density at radius 1 is 1.59 bits per heavy atom. The Hall–Kier alpha value is -0.930. The third-order valence-electron chi connectivity index (χ3n) is 2.00. The highest BCUT2D eigenvalue weighted by Crippen LogP contribution is 2.15. The lowest BCUT2D eigenvalue weighted by Gasteiger charge is -2.07. The number of sulfonamides is 1. The number of nitrogens with one attached hydrogen (secondary N) is 1. The first kappa shape index (κ1) is 14.1. The van der Waals surface area contributed by atoms with E-state index in [1.807, 2.05) is 0 Å². The summed E-state index contributed by atoms with van der Waals surface area (Å²) in [5, 5.41) is 11.6. The summed E-state index contributed by atoms with van der Waals surface area (Å²) in [5.41, 5.74) is 0.268. The lowest BCUT2D eigenvalue weighted by Crippen LogP contribution is -2.22. The van der Waals surface area contributed by atoms with Gasteiger partial charge in [-0.3, -0.25) is 4.79 Å². The summed E-state index contributed by atoms with van der Waals surface area (Å²) in [5.74, 6) is -0.101. The number of nitrogens with two attached hydrogens (primary N) is 1. The minimum Gasteiger partial charge on any atom is -0.383 e. The van der Waals surface area contributed by atoms with Gasteiger partial charge in [-0.25, -0.2) is 18.2 Å². The van der Waals surface area contributed by atoms with Gasteiger partial charge in [0.2, 0.25) is 10.0 Å². The molecule has 1 heterocycles. The fourth-order valence-corrected chi connectivity index (χ4v) is 2.18. The first-order chi connectivity index (χ1) is 7.81.